The Labute approximate surface area is 149 Å². The molecule has 0 spiro atoms. The zero-order valence-corrected chi connectivity index (χ0v) is 15.1. The first kappa shape index (κ1) is 25.1. The molecule has 0 aromatic heterocycles. The van der Waals surface area contributed by atoms with Crippen molar-refractivity contribution in [3.63, 3.8) is 0 Å². The highest BCUT2D eigenvalue weighted by Gasteiger charge is 2.04. The Morgan fingerprint density at radius 3 is 1.76 bits per heavy atom. The molecule has 0 fully saturated rings. The molecule has 1 aromatic carbocycles. The summed E-state index contributed by atoms with van der Waals surface area (Å²) in [6.07, 6.45) is 7.32. The van der Waals surface area contributed by atoms with E-state index >= 15 is 0 Å². The molecule has 0 amide bonds. The van der Waals surface area contributed by atoms with Crippen molar-refractivity contribution in [2.75, 3.05) is 18.9 Å². The van der Waals surface area contributed by atoms with Crippen LogP contribution in [0.15, 0.2) is 18.2 Å². The molecule has 0 saturated heterocycles. The van der Waals surface area contributed by atoms with Crippen LogP contribution in [0.4, 0.5) is 5.69 Å². The predicted molar refractivity (Wildman–Crippen MR) is 97.5 cm³/mol. The van der Waals surface area contributed by atoms with E-state index in [0.29, 0.717) is 0 Å². The Morgan fingerprint density at radius 2 is 1.36 bits per heavy atom. The lowest BCUT2D eigenvalue weighted by Crippen LogP contribution is -2.00. The number of carboxylic acid groups (broad SMARTS) is 2. The minimum absolute atomic E-state index is 0.778. The Kier molecular flexibility index (Phi) is 16.8. The predicted octanol–water partition coefficient (Wildman–Crippen LogP) is 2.08. The van der Waals surface area contributed by atoms with Gasteiger partial charge in [-0.2, -0.15) is 0 Å². The van der Waals surface area contributed by atoms with Crippen molar-refractivity contribution >= 4 is 17.6 Å². The molecule has 144 valence electrons. The molecule has 6 N–H and O–H groups in total. The van der Waals surface area contributed by atoms with Gasteiger partial charge in [-0.3, -0.25) is 0 Å². The molecule has 0 unspecified atom stereocenters. The van der Waals surface area contributed by atoms with E-state index in [-0.39, 0.29) is 0 Å². The molecule has 0 saturated carbocycles. The molecule has 0 aliphatic carbocycles. The van der Waals surface area contributed by atoms with Gasteiger partial charge in [-0.15, -0.1) is 0 Å². The van der Waals surface area contributed by atoms with Gasteiger partial charge in [0.1, 0.15) is 13.2 Å². The highest BCUT2D eigenvalue weighted by molar-refractivity contribution is 5.67. The van der Waals surface area contributed by atoms with Gasteiger partial charge in [0.2, 0.25) is 0 Å². The van der Waals surface area contributed by atoms with Crippen LogP contribution in [0.5, 0.6) is 0 Å². The Morgan fingerprint density at radius 1 is 0.920 bits per heavy atom. The number of aryl methyl sites for hydroxylation is 1. The van der Waals surface area contributed by atoms with Crippen molar-refractivity contribution in [1.29, 1.82) is 0 Å². The number of aliphatic hydroxyl groups excluding tert-OH is 2. The maximum Gasteiger partial charge on any atom is 0.329 e. The molecule has 1 aromatic rings. The monoisotopic (exact) mass is 357 g/mol. The van der Waals surface area contributed by atoms with E-state index in [0.717, 1.165) is 12.1 Å². The molecule has 1 rings (SSSR count). The fourth-order valence-electron chi connectivity index (χ4n) is 1.91. The molecule has 25 heavy (non-hydrogen) atoms. The van der Waals surface area contributed by atoms with Crippen molar-refractivity contribution < 1.29 is 30.0 Å². The van der Waals surface area contributed by atoms with Crippen LogP contribution < -0.4 is 5.73 Å². The first-order valence-electron chi connectivity index (χ1n) is 8.35. The smallest absolute Gasteiger partial charge is 0.329 e. The maximum absolute atomic E-state index is 9.12. The Bertz CT molecular complexity index is 476. The van der Waals surface area contributed by atoms with Gasteiger partial charge in [0, 0.05) is 5.69 Å². The largest absolute Gasteiger partial charge is 0.480 e. The van der Waals surface area contributed by atoms with E-state index in [1.54, 1.807) is 0 Å². The number of benzene rings is 1. The van der Waals surface area contributed by atoms with E-state index in [9.17, 15) is 0 Å². The van der Waals surface area contributed by atoms with Gasteiger partial charge in [-0.1, -0.05) is 38.8 Å². The number of nitrogens with two attached hydrogens (primary N) is 1. The summed E-state index contributed by atoms with van der Waals surface area (Å²) in [4.78, 5) is 18.2. The number of anilines is 1. The molecule has 0 heterocycles. The van der Waals surface area contributed by atoms with Crippen molar-refractivity contribution in [3.8, 4) is 0 Å². The fourth-order valence-corrected chi connectivity index (χ4v) is 1.91. The third-order valence-corrected chi connectivity index (χ3v) is 3.16. The van der Waals surface area contributed by atoms with E-state index < -0.39 is 25.2 Å². The molecular formula is C18H31NO6. The van der Waals surface area contributed by atoms with E-state index in [1.807, 2.05) is 6.07 Å². The summed E-state index contributed by atoms with van der Waals surface area (Å²) >= 11 is 0. The van der Waals surface area contributed by atoms with Crippen LogP contribution in [0.3, 0.4) is 0 Å². The lowest BCUT2D eigenvalue weighted by molar-refractivity contribution is -0.141. The normalized spacial score (nSPS) is 9.28. The average molecular weight is 357 g/mol. The Balaban J connectivity index is 0. The van der Waals surface area contributed by atoms with E-state index in [1.165, 1.54) is 43.2 Å². The number of carboxylic acids is 2. The third-order valence-electron chi connectivity index (χ3n) is 3.16. The highest BCUT2D eigenvalue weighted by atomic mass is 16.4. The van der Waals surface area contributed by atoms with Crippen LogP contribution in [-0.4, -0.2) is 45.6 Å². The van der Waals surface area contributed by atoms with Gasteiger partial charge in [-0.25, -0.2) is 9.59 Å². The van der Waals surface area contributed by atoms with Crippen LogP contribution in [-0.2, 0) is 22.4 Å². The second kappa shape index (κ2) is 16.7. The van der Waals surface area contributed by atoms with Gasteiger partial charge in [0.05, 0.1) is 0 Å². The topological polar surface area (TPSA) is 141 Å². The molecule has 0 atom stereocenters. The number of carbonyl (C=O) groups is 2. The van der Waals surface area contributed by atoms with Gasteiger partial charge in [0.25, 0.3) is 0 Å². The zero-order valence-electron chi connectivity index (χ0n) is 15.1. The number of unbranched alkanes of at least 4 members (excludes halogenated alkanes) is 2. The number of hydrogen-bond donors (Lipinski definition) is 5. The van der Waals surface area contributed by atoms with Crippen molar-refractivity contribution in [3.05, 3.63) is 29.3 Å². The molecule has 0 bridgehead atoms. The minimum atomic E-state index is -1.19. The minimum Gasteiger partial charge on any atom is -0.480 e. The summed E-state index contributed by atoms with van der Waals surface area (Å²) in [6.45, 7) is 2.91. The lowest BCUT2D eigenvalue weighted by atomic mass is 9.96. The number of hydrogen-bond acceptors (Lipinski definition) is 5. The van der Waals surface area contributed by atoms with Gasteiger partial charge < -0.3 is 26.2 Å². The fraction of sp³-hybridized carbons (Fsp3) is 0.556. The summed E-state index contributed by atoms with van der Waals surface area (Å²) in [5.74, 6) is -2.38. The summed E-state index contributed by atoms with van der Waals surface area (Å²) in [5.41, 5.74) is 9.88. The van der Waals surface area contributed by atoms with Crippen LogP contribution in [0.2, 0.25) is 0 Å². The van der Waals surface area contributed by atoms with Crippen LogP contribution in [0.1, 0.15) is 50.7 Å². The second-order valence-electron chi connectivity index (χ2n) is 5.30. The molecule has 0 aliphatic heterocycles. The van der Waals surface area contributed by atoms with Gasteiger partial charge >= 0.3 is 11.9 Å². The van der Waals surface area contributed by atoms with Crippen LogP contribution in [0, 0.1) is 0 Å². The average Bonchev–Trinajstić information content (AvgIpc) is 2.60. The SMILES string of the molecule is CCCCc1cccc(N)c1CCCC.O=C(O)CO.O=C(O)CO. The van der Waals surface area contributed by atoms with Gasteiger partial charge in [-0.05, 0) is 42.9 Å². The Hall–Kier alpha value is -2.12. The molecule has 7 nitrogen and oxygen atoms in total. The lowest BCUT2D eigenvalue weighted by Gasteiger charge is -2.11. The highest BCUT2D eigenvalue weighted by Crippen LogP contribution is 2.21. The molecule has 7 heteroatoms. The standard InChI is InChI=1S/C14H23N.2C2H4O3/c1-3-5-8-12-9-7-11-14(15)13(12)10-6-4-2;2*3-1-2(4)5/h7,9,11H,3-6,8,10,15H2,1-2H3;2*3H,1H2,(H,4,5). The number of rotatable bonds is 8. The van der Waals surface area contributed by atoms with E-state index in [4.69, 9.17) is 35.7 Å². The summed E-state index contributed by atoms with van der Waals surface area (Å²) in [5, 5.41) is 30.0. The number of nitrogen functional groups attached to an aromatic ring is 1. The second-order valence-corrected chi connectivity index (χ2v) is 5.30. The first-order chi connectivity index (χ1) is 11.8. The molecule has 0 radical (unpaired) electrons. The summed E-state index contributed by atoms with van der Waals surface area (Å²) < 4.78 is 0. The number of aliphatic hydroxyl groups is 2. The molecule has 0 aliphatic rings. The van der Waals surface area contributed by atoms with Crippen molar-refractivity contribution in [1.82, 2.24) is 0 Å². The quantitative estimate of drug-likeness (QED) is 0.448. The van der Waals surface area contributed by atoms with Crippen molar-refractivity contribution in [2.45, 2.75) is 52.4 Å². The van der Waals surface area contributed by atoms with Crippen LogP contribution >= 0.6 is 0 Å². The maximum atomic E-state index is 9.12. The van der Waals surface area contributed by atoms with E-state index in [2.05, 4.69) is 26.0 Å². The first-order valence-corrected chi connectivity index (χ1v) is 8.35. The third kappa shape index (κ3) is 15.2. The summed E-state index contributed by atoms with van der Waals surface area (Å²) in [7, 11) is 0. The van der Waals surface area contributed by atoms with Gasteiger partial charge in [0.15, 0.2) is 0 Å². The van der Waals surface area contributed by atoms with Crippen molar-refractivity contribution in [2.24, 2.45) is 0 Å². The summed E-state index contributed by atoms with van der Waals surface area (Å²) in [6, 6.07) is 6.34. The molecular weight excluding hydrogens is 326 g/mol. The zero-order chi connectivity index (χ0) is 19.7. The van der Waals surface area contributed by atoms with Crippen LogP contribution in [0.25, 0.3) is 0 Å². The number of aliphatic carboxylic acids is 2.